The van der Waals surface area contributed by atoms with Gasteiger partial charge in [-0.15, -0.1) is 0 Å². The molecule has 0 bridgehead atoms. The van der Waals surface area contributed by atoms with Gasteiger partial charge in [0.15, 0.2) is 0 Å². The molecule has 6 aromatic carbocycles. The van der Waals surface area contributed by atoms with E-state index in [0.717, 1.165) is 55.4 Å². The molecule has 9 rings (SSSR count). The Hall–Kier alpha value is -5.86. The quantitative estimate of drug-likeness (QED) is 0.188. The first-order chi connectivity index (χ1) is 23.0. The van der Waals surface area contributed by atoms with Crippen molar-refractivity contribution < 1.29 is 0 Å². The van der Waals surface area contributed by atoms with E-state index in [1.54, 1.807) is 0 Å². The SMILES string of the molecule is CC1(C)c2ccccc2-c2ccc(-c3cccc(-c4cc(-c5ccccc5)nc5c4ccc4ccc(-c6ccccc6)nc45)c3)cc21. The molecule has 1 aliphatic rings. The van der Waals surface area contributed by atoms with E-state index in [0.29, 0.717) is 0 Å². The lowest BCUT2D eigenvalue weighted by Crippen LogP contribution is -2.14. The van der Waals surface area contributed by atoms with Crippen molar-refractivity contribution >= 4 is 21.8 Å². The molecule has 47 heavy (non-hydrogen) atoms. The van der Waals surface area contributed by atoms with Crippen LogP contribution in [0.3, 0.4) is 0 Å². The lowest BCUT2D eigenvalue weighted by molar-refractivity contribution is 0.660. The Morgan fingerprint density at radius 1 is 0.383 bits per heavy atom. The highest BCUT2D eigenvalue weighted by atomic mass is 14.8. The lowest BCUT2D eigenvalue weighted by atomic mass is 9.81. The first-order valence-electron chi connectivity index (χ1n) is 16.3. The van der Waals surface area contributed by atoms with E-state index in [1.165, 1.54) is 33.4 Å². The van der Waals surface area contributed by atoms with Gasteiger partial charge in [0.25, 0.3) is 0 Å². The van der Waals surface area contributed by atoms with Gasteiger partial charge in [0.2, 0.25) is 0 Å². The summed E-state index contributed by atoms with van der Waals surface area (Å²) < 4.78 is 0. The van der Waals surface area contributed by atoms with Gasteiger partial charge in [-0.2, -0.15) is 0 Å². The summed E-state index contributed by atoms with van der Waals surface area (Å²) in [5, 5.41) is 2.17. The molecule has 1 aliphatic carbocycles. The fourth-order valence-corrected chi connectivity index (χ4v) is 7.39. The highest BCUT2D eigenvalue weighted by Gasteiger charge is 2.35. The minimum absolute atomic E-state index is 0.0436. The summed E-state index contributed by atoms with van der Waals surface area (Å²) in [6.07, 6.45) is 0. The van der Waals surface area contributed by atoms with Gasteiger partial charge in [0.1, 0.15) is 0 Å². The normalized spacial score (nSPS) is 13.1. The molecule has 2 heterocycles. The summed E-state index contributed by atoms with van der Waals surface area (Å²) in [7, 11) is 0. The highest BCUT2D eigenvalue weighted by Crippen LogP contribution is 2.49. The Labute approximate surface area is 275 Å². The van der Waals surface area contributed by atoms with Gasteiger partial charge in [0.05, 0.1) is 22.4 Å². The van der Waals surface area contributed by atoms with Gasteiger partial charge in [-0.3, -0.25) is 0 Å². The van der Waals surface area contributed by atoms with Crippen LogP contribution in [0.2, 0.25) is 0 Å². The molecule has 0 N–H and O–H groups in total. The van der Waals surface area contributed by atoms with Gasteiger partial charge in [-0.25, -0.2) is 9.97 Å². The molecule has 0 atom stereocenters. The molecule has 0 aliphatic heterocycles. The average Bonchev–Trinajstić information content (AvgIpc) is 3.37. The monoisotopic (exact) mass is 600 g/mol. The van der Waals surface area contributed by atoms with Gasteiger partial charge in [-0.05, 0) is 68.8 Å². The maximum absolute atomic E-state index is 5.29. The van der Waals surface area contributed by atoms with E-state index < -0.39 is 0 Å². The Kier molecular flexibility index (Phi) is 6.20. The van der Waals surface area contributed by atoms with Crippen LogP contribution in [0.15, 0.2) is 158 Å². The maximum atomic E-state index is 5.29. The van der Waals surface area contributed by atoms with E-state index >= 15 is 0 Å². The van der Waals surface area contributed by atoms with Crippen molar-refractivity contribution in [1.29, 1.82) is 0 Å². The van der Waals surface area contributed by atoms with E-state index in [9.17, 15) is 0 Å². The number of aromatic nitrogens is 2. The van der Waals surface area contributed by atoms with Crippen LogP contribution in [-0.2, 0) is 5.41 Å². The molecular weight excluding hydrogens is 569 g/mol. The van der Waals surface area contributed by atoms with Crippen LogP contribution >= 0.6 is 0 Å². The minimum Gasteiger partial charge on any atom is -0.245 e. The second-order valence-corrected chi connectivity index (χ2v) is 13.0. The number of hydrogen-bond donors (Lipinski definition) is 0. The molecule has 2 nitrogen and oxygen atoms in total. The van der Waals surface area contributed by atoms with Crippen molar-refractivity contribution in [2.45, 2.75) is 19.3 Å². The van der Waals surface area contributed by atoms with Crippen LogP contribution in [-0.4, -0.2) is 9.97 Å². The predicted octanol–water partition coefficient (Wildman–Crippen LogP) is 11.8. The third-order valence-corrected chi connectivity index (χ3v) is 9.87. The molecule has 0 saturated carbocycles. The fourth-order valence-electron chi connectivity index (χ4n) is 7.39. The van der Waals surface area contributed by atoms with Crippen molar-refractivity contribution in [3.8, 4) is 55.9 Å². The second kappa shape index (κ2) is 10.6. The molecule has 0 saturated heterocycles. The number of rotatable bonds is 4. The first-order valence-corrected chi connectivity index (χ1v) is 16.3. The average molecular weight is 601 g/mol. The van der Waals surface area contributed by atoms with Crippen LogP contribution in [0.25, 0.3) is 77.7 Å². The molecule has 0 unspecified atom stereocenters. The van der Waals surface area contributed by atoms with E-state index in [1.807, 2.05) is 6.07 Å². The van der Waals surface area contributed by atoms with E-state index in [4.69, 9.17) is 9.97 Å². The molecule has 2 aromatic heterocycles. The molecule has 222 valence electrons. The fraction of sp³-hybridized carbons (Fsp3) is 0.0667. The van der Waals surface area contributed by atoms with E-state index in [-0.39, 0.29) is 5.41 Å². The summed E-state index contributed by atoms with van der Waals surface area (Å²) in [6.45, 7) is 4.68. The molecule has 8 aromatic rings. The molecule has 0 fully saturated rings. The molecule has 0 radical (unpaired) electrons. The highest BCUT2D eigenvalue weighted by molar-refractivity contribution is 6.10. The van der Waals surface area contributed by atoms with Gasteiger partial charge < -0.3 is 0 Å². The standard InChI is InChI=1S/C45H32N2/c1-45(2)39-19-10-9-18-35(39)36-23-21-33(27-40(36)45)32-16-11-17-34(26-32)38-28-42(30-14-7-4-8-15-30)47-44-37(38)24-20-31-22-25-41(46-43(31)44)29-12-5-3-6-13-29/h3-28H,1-2H3. The zero-order valence-corrected chi connectivity index (χ0v) is 26.4. The van der Waals surface area contributed by atoms with Crippen LogP contribution in [0.1, 0.15) is 25.0 Å². The Morgan fingerprint density at radius 2 is 1.00 bits per heavy atom. The number of pyridine rings is 2. The van der Waals surface area contributed by atoms with Crippen molar-refractivity contribution in [1.82, 2.24) is 9.97 Å². The minimum atomic E-state index is -0.0436. The van der Waals surface area contributed by atoms with Crippen molar-refractivity contribution in [2.75, 3.05) is 0 Å². The van der Waals surface area contributed by atoms with Crippen LogP contribution in [0.5, 0.6) is 0 Å². The Bertz CT molecular complexity index is 2480. The summed E-state index contributed by atoms with van der Waals surface area (Å²) in [6, 6.07) is 56.5. The van der Waals surface area contributed by atoms with Crippen LogP contribution in [0.4, 0.5) is 0 Å². The maximum Gasteiger partial charge on any atom is 0.0978 e. The summed E-state index contributed by atoms with van der Waals surface area (Å²) in [4.78, 5) is 10.5. The second-order valence-electron chi connectivity index (χ2n) is 13.0. The van der Waals surface area contributed by atoms with Crippen molar-refractivity contribution in [3.05, 3.63) is 169 Å². The zero-order chi connectivity index (χ0) is 31.5. The van der Waals surface area contributed by atoms with Gasteiger partial charge in [-0.1, -0.05) is 147 Å². The van der Waals surface area contributed by atoms with Crippen LogP contribution < -0.4 is 0 Å². The molecular formula is C45H32N2. The summed E-state index contributed by atoms with van der Waals surface area (Å²) >= 11 is 0. The third kappa shape index (κ3) is 4.48. The largest absolute Gasteiger partial charge is 0.245 e. The van der Waals surface area contributed by atoms with Gasteiger partial charge in [0, 0.05) is 27.3 Å². The molecule has 0 amide bonds. The van der Waals surface area contributed by atoms with Crippen molar-refractivity contribution in [2.24, 2.45) is 0 Å². The van der Waals surface area contributed by atoms with Crippen LogP contribution in [0, 0.1) is 0 Å². The molecule has 2 heteroatoms. The summed E-state index contributed by atoms with van der Waals surface area (Å²) in [5.41, 5.74) is 16.1. The number of benzene rings is 6. The lowest BCUT2D eigenvalue weighted by Gasteiger charge is -2.22. The number of nitrogens with zero attached hydrogens (tertiary/aromatic N) is 2. The number of hydrogen-bond acceptors (Lipinski definition) is 2. The van der Waals surface area contributed by atoms with E-state index in [2.05, 4.69) is 166 Å². The van der Waals surface area contributed by atoms with Gasteiger partial charge >= 0.3 is 0 Å². The first kappa shape index (κ1) is 27.5. The van der Waals surface area contributed by atoms with Crippen molar-refractivity contribution in [3.63, 3.8) is 0 Å². The third-order valence-electron chi connectivity index (χ3n) is 9.87. The zero-order valence-electron chi connectivity index (χ0n) is 26.4. The number of fused-ring (bicyclic) bond motifs is 6. The Morgan fingerprint density at radius 3 is 1.81 bits per heavy atom. The summed E-state index contributed by atoms with van der Waals surface area (Å²) in [5.74, 6) is 0. The smallest absolute Gasteiger partial charge is 0.0978 e. The predicted molar refractivity (Wildman–Crippen MR) is 196 cm³/mol. The molecule has 0 spiro atoms. The topological polar surface area (TPSA) is 25.8 Å². The Balaban J connectivity index is 1.23.